The van der Waals surface area contributed by atoms with Crippen LogP contribution in [0.15, 0.2) is 47.7 Å². The van der Waals surface area contributed by atoms with Crippen LogP contribution < -0.4 is 15.4 Å². The highest BCUT2D eigenvalue weighted by Gasteiger charge is 2.13. The molecule has 0 spiro atoms. The van der Waals surface area contributed by atoms with Gasteiger partial charge in [-0.15, -0.1) is 0 Å². The minimum absolute atomic E-state index is 0.365. The fraction of sp³-hybridized carbons (Fsp3) is 0.294. The number of aliphatic imine (C=N–C) groups is 1. The molecule has 1 aromatic carbocycles. The predicted molar refractivity (Wildman–Crippen MR) is 89.0 cm³/mol. The predicted octanol–water partition coefficient (Wildman–Crippen LogP) is 2.66. The minimum Gasteiger partial charge on any atom is -0.490 e. The van der Waals surface area contributed by atoms with Gasteiger partial charge in [0.25, 0.3) is 0 Å². The highest BCUT2D eigenvalue weighted by Crippen LogP contribution is 2.17. The second-order valence-electron chi connectivity index (χ2n) is 5.07. The molecule has 0 bridgehead atoms. The summed E-state index contributed by atoms with van der Waals surface area (Å²) in [5.41, 5.74) is 0.367. The normalized spacial score (nSPS) is 12.6. The smallest absolute Gasteiger partial charge is 0.191 e. The Balaban J connectivity index is 1.81. The molecule has 128 valence electrons. The van der Waals surface area contributed by atoms with Gasteiger partial charge in [-0.3, -0.25) is 9.98 Å². The van der Waals surface area contributed by atoms with Gasteiger partial charge >= 0.3 is 0 Å². The molecule has 0 radical (unpaired) electrons. The van der Waals surface area contributed by atoms with Crippen molar-refractivity contribution in [2.45, 2.75) is 13.0 Å². The Morgan fingerprint density at radius 2 is 2.17 bits per heavy atom. The highest BCUT2D eigenvalue weighted by molar-refractivity contribution is 5.80. The molecule has 0 aliphatic rings. The van der Waals surface area contributed by atoms with Gasteiger partial charge in [-0.25, -0.2) is 8.78 Å². The summed E-state index contributed by atoms with van der Waals surface area (Å²) in [6.07, 6.45) is 3.30. The Morgan fingerprint density at radius 3 is 2.83 bits per heavy atom. The van der Waals surface area contributed by atoms with Crippen LogP contribution in [0.25, 0.3) is 0 Å². The van der Waals surface area contributed by atoms with Gasteiger partial charge in [-0.2, -0.15) is 0 Å². The van der Waals surface area contributed by atoms with Crippen LogP contribution in [0.4, 0.5) is 8.78 Å². The summed E-state index contributed by atoms with van der Waals surface area (Å²) >= 11 is 0. The van der Waals surface area contributed by atoms with Crippen LogP contribution in [0, 0.1) is 11.6 Å². The van der Waals surface area contributed by atoms with Gasteiger partial charge in [-0.05, 0) is 25.1 Å². The number of guanidine groups is 1. The van der Waals surface area contributed by atoms with Gasteiger partial charge in [0.2, 0.25) is 0 Å². The summed E-state index contributed by atoms with van der Waals surface area (Å²) in [6, 6.07) is 6.76. The molecule has 1 aromatic heterocycles. The van der Waals surface area contributed by atoms with E-state index < -0.39 is 11.6 Å². The maximum atomic E-state index is 13.8. The third-order valence-corrected chi connectivity index (χ3v) is 3.30. The largest absolute Gasteiger partial charge is 0.490 e. The summed E-state index contributed by atoms with van der Waals surface area (Å²) < 4.78 is 32.3. The van der Waals surface area contributed by atoms with Gasteiger partial charge in [0, 0.05) is 24.9 Å². The van der Waals surface area contributed by atoms with Crippen LogP contribution in [0.3, 0.4) is 0 Å². The molecule has 0 saturated heterocycles. The Hall–Kier alpha value is -2.70. The molecule has 0 aliphatic carbocycles. The minimum atomic E-state index is -0.599. The molecule has 1 heterocycles. The topological polar surface area (TPSA) is 58.5 Å². The first kappa shape index (κ1) is 17.7. The molecule has 5 nitrogen and oxygen atoms in total. The van der Waals surface area contributed by atoms with Gasteiger partial charge in [-0.1, -0.05) is 6.07 Å². The number of benzene rings is 1. The molecule has 0 aliphatic heterocycles. The van der Waals surface area contributed by atoms with E-state index in [2.05, 4.69) is 20.6 Å². The average molecular weight is 334 g/mol. The first-order valence-electron chi connectivity index (χ1n) is 7.55. The van der Waals surface area contributed by atoms with Gasteiger partial charge < -0.3 is 15.4 Å². The lowest BCUT2D eigenvalue weighted by atomic mass is 10.1. The van der Waals surface area contributed by atoms with Crippen LogP contribution in [-0.2, 0) is 0 Å². The number of ether oxygens (including phenoxy) is 1. The van der Waals surface area contributed by atoms with Crippen molar-refractivity contribution in [3.8, 4) is 5.75 Å². The fourth-order valence-corrected chi connectivity index (χ4v) is 2.10. The van der Waals surface area contributed by atoms with Crippen LogP contribution >= 0.6 is 0 Å². The lowest BCUT2D eigenvalue weighted by Gasteiger charge is -2.19. The van der Waals surface area contributed by atoms with Crippen molar-refractivity contribution in [2.75, 3.05) is 20.2 Å². The summed E-state index contributed by atoms with van der Waals surface area (Å²) in [5.74, 6) is -0.00567. The van der Waals surface area contributed by atoms with Gasteiger partial charge in [0.1, 0.15) is 24.0 Å². The Labute approximate surface area is 139 Å². The number of nitrogens with one attached hydrogen (secondary N) is 2. The number of rotatable bonds is 6. The van der Waals surface area contributed by atoms with Crippen molar-refractivity contribution >= 4 is 5.96 Å². The lowest BCUT2D eigenvalue weighted by molar-refractivity contribution is 0.320. The number of pyridine rings is 1. The number of hydrogen-bond donors (Lipinski definition) is 2. The zero-order chi connectivity index (χ0) is 17.4. The number of aromatic nitrogens is 1. The van der Waals surface area contributed by atoms with Crippen molar-refractivity contribution < 1.29 is 13.5 Å². The average Bonchev–Trinajstić information content (AvgIpc) is 2.58. The molecule has 2 rings (SSSR count). The second-order valence-corrected chi connectivity index (χ2v) is 5.07. The highest BCUT2D eigenvalue weighted by atomic mass is 19.1. The quantitative estimate of drug-likeness (QED) is 0.484. The van der Waals surface area contributed by atoms with E-state index in [1.807, 2.05) is 6.07 Å². The van der Waals surface area contributed by atoms with Gasteiger partial charge in [0.05, 0.1) is 18.8 Å². The summed E-state index contributed by atoms with van der Waals surface area (Å²) in [7, 11) is 1.62. The summed E-state index contributed by atoms with van der Waals surface area (Å²) in [4.78, 5) is 8.03. The molecule has 0 saturated carbocycles. The molecule has 0 amide bonds. The van der Waals surface area contributed by atoms with Crippen LogP contribution in [0.5, 0.6) is 5.75 Å². The molecular formula is C17H20F2N4O. The molecule has 24 heavy (non-hydrogen) atoms. The maximum absolute atomic E-state index is 13.8. The van der Waals surface area contributed by atoms with Crippen molar-refractivity contribution in [3.05, 3.63) is 59.9 Å². The zero-order valence-electron chi connectivity index (χ0n) is 13.6. The monoisotopic (exact) mass is 334 g/mol. The van der Waals surface area contributed by atoms with Crippen molar-refractivity contribution in [1.29, 1.82) is 0 Å². The van der Waals surface area contributed by atoms with Gasteiger partial charge in [0.15, 0.2) is 5.96 Å². The van der Waals surface area contributed by atoms with E-state index in [0.717, 1.165) is 6.07 Å². The third-order valence-electron chi connectivity index (χ3n) is 3.30. The van der Waals surface area contributed by atoms with E-state index in [4.69, 9.17) is 4.74 Å². The third kappa shape index (κ3) is 5.19. The van der Waals surface area contributed by atoms with Crippen molar-refractivity contribution in [1.82, 2.24) is 15.6 Å². The van der Waals surface area contributed by atoms with E-state index in [1.54, 1.807) is 32.4 Å². The van der Waals surface area contributed by atoms with Crippen LogP contribution in [0.2, 0.25) is 0 Å². The number of hydrogen-bond acceptors (Lipinski definition) is 3. The maximum Gasteiger partial charge on any atom is 0.191 e. The van der Waals surface area contributed by atoms with E-state index in [-0.39, 0.29) is 6.04 Å². The first-order valence-corrected chi connectivity index (χ1v) is 7.55. The molecule has 2 aromatic rings. The van der Waals surface area contributed by atoms with E-state index in [0.29, 0.717) is 30.4 Å². The fourth-order valence-electron chi connectivity index (χ4n) is 2.10. The van der Waals surface area contributed by atoms with Crippen LogP contribution in [-0.4, -0.2) is 31.1 Å². The Kier molecular flexibility index (Phi) is 6.48. The summed E-state index contributed by atoms with van der Waals surface area (Å²) in [6.45, 7) is 2.70. The standard InChI is InChI=1S/C17H20F2N4O/c1-12(15-6-5-13(18)10-16(15)19)23-17(20-2)22-8-9-24-14-4-3-7-21-11-14/h3-7,10-12H,8-9H2,1-2H3,(H2,20,22,23). The number of nitrogens with zero attached hydrogens (tertiary/aromatic N) is 2. The Bertz CT molecular complexity index is 680. The SMILES string of the molecule is CN=C(NCCOc1cccnc1)NC(C)c1ccc(F)cc1F. The molecule has 2 N–H and O–H groups in total. The Morgan fingerprint density at radius 1 is 1.33 bits per heavy atom. The molecule has 0 fully saturated rings. The van der Waals surface area contributed by atoms with Crippen molar-refractivity contribution in [2.24, 2.45) is 4.99 Å². The first-order chi connectivity index (χ1) is 11.6. The molecule has 1 atom stereocenters. The second kappa shape index (κ2) is 8.81. The van der Waals surface area contributed by atoms with E-state index >= 15 is 0 Å². The molecular weight excluding hydrogens is 314 g/mol. The van der Waals surface area contributed by atoms with E-state index in [1.165, 1.54) is 12.1 Å². The van der Waals surface area contributed by atoms with Crippen molar-refractivity contribution in [3.63, 3.8) is 0 Å². The van der Waals surface area contributed by atoms with Crippen LogP contribution in [0.1, 0.15) is 18.5 Å². The zero-order valence-corrected chi connectivity index (χ0v) is 13.6. The molecule has 7 heteroatoms. The molecule has 1 unspecified atom stereocenters. The summed E-state index contributed by atoms with van der Waals surface area (Å²) in [5, 5.41) is 6.12. The van der Waals surface area contributed by atoms with E-state index in [9.17, 15) is 8.78 Å². The lowest BCUT2D eigenvalue weighted by Crippen LogP contribution is -2.40. The number of halogens is 2.